The van der Waals surface area contributed by atoms with Gasteiger partial charge in [-0.3, -0.25) is 0 Å². The summed E-state index contributed by atoms with van der Waals surface area (Å²) in [7, 11) is 0. The molecule has 1 aliphatic rings. The molecule has 1 fully saturated rings. The minimum absolute atomic E-state index is 0.273. The van der Waals surface area contributed by atoms with Crippen LogP contribution in [-0.2, 0) is 0 Å². The van der Waals surface area contributed by atoms with Gasteiger partial charge in [0.15, 0.2) is 0 Å². The summed E-state index contributed by atoms with van der Waals surface area (Å²) < 4.78 is 0. The van der Waals surface area contributed by atoms with E-state index in [1.807, 2.05) is 0 Å². The molecule has 2 heteroatoms. The van der Waals surface area contributed by atoms with Crippen LogP contribution in [0.25, 0.3) is 10.8 Å². The molecule has 2 aromatic rings. The van der Waals surface area contributed by atoms with Crippen molar-refractivity contribution in [2.24, 2.45) is 11.7 Å². The van der Waals surface area contributed by atoms with Crippen LogP contribution in [0.3, 0.4) is 0 Å². The molecule has 0 bridgehead atoms. The van der Waals surface area contributed by atoms with E-state index in [2.05, 4.69) is 54.7 Å². The Balaban J connectivity index is 1.79. The SMILES string of the molecule is CC1CCC(NC(CN)c2ccc3ccccc3c2)C1. The van der Waals surface area contributed by atoms with E-state index in [4.69, 9.17) is 5.73 Å². The van der Waals surface area contributed by atoms with Gasteiger partial charge in [-0.15, -0.1) is 0 Å². The van der Waals surface area contributed by atoms with Crippen molar-refractivity contribution in [1.82, 2.24) is 5.32 Å². The van der Waals surface area contributed by atoms with E-state index < -0.39 is 0 Å². The van der Waals surface area contributed by atoms with Gasteiger partial charge >= 0.3 is 0 Å². The number of fused-ring (bicyclic) bond motifs is 1. The summed E-state index contributed by atoms with van der Waals surface area (Å²) >= 11 is 0. The first kappa shape index (κ1) is 13.6. The fourth-order valence-electron chi connectivity index (χ4n) is 3.37. The van der Waals surface area contributed by atoms with Crippen molar-refractivity contribution in [3.05, 3.63) is 48.0 Å². The molecule has 1 aliphatic carbocycles. The zero-order valence-electron chi connectivity index (χ0n) is 12.2. The second-order valence-electron chi connectivity index (χ2n) is 6.18. The van der Waals surface area contributed by atoms with Gasteiger partial charge in [0.1, 0.15) is 0 Å². The minimum atomic E-state index is 0.273. The molecular weight excluding hydrogens is 244 g/mol. The summed E-state index contributed by atoms with van der Waals surface area (Å²) in [5, 5.41) is 6.34. The third-order valence-electron chi connectivity index (χ3n) is 4.54. The van der Waals surface area contributed by atoms with Gasteiger partial charge in [0, 0.05) is 18.6 Å². The third-order valence-corrected chi connectivity index (χ3v) is 4.54. The first-order valence-electron chi connectivity index (χ1n) is 7.71. The number of hydrogen-bond acceptors (Lipinski definition) is 2. The molecule has 0 saturated heterocycles. The predicted octanol–water partition coefficient (Wildman–Crippen LogP) is 3.62. The van der Waals surface area contributed by atoms with Gasteiger partial charge in [0.2, 0.25) is 0 Å². The molecule has 0 aliphatic heterocycles. The van der Waals surface area contributed by atoms with Crippen molar-refractivity contribution in [1.29, 1.82) is 0 Å². The Kier molecular flexibility index (Phi) is 4.04. The van der Waals surface area contributed by atoms with Gasteiger partial charge in [0.25, 0.3) is 0 Å². The molecule has 20 heavy (non-hydrogen) atoms. The van der Waals surface area contributed by atoms with Gasteiger partial charge in [-0.1, -0.05) is 43.3 Å². The monoisotopic (exact) mass is 268 g/mol. The molecule has 3 unspecified atom stereocenters. The second-order valence-corrected chi connectivity index (χ2v) is 6.18. The van der Waals surface area contributed by atoms with Gasteiger partial charge in [-0.2, -0.15) is 0 Å². The highest BCUT2D eigenvalue weighted by Gasteiger charge is 2.23. The average Bonchev–Trinajstić information content (AvgIpc) is 2.89. The minimum Gasteiger partial charge on any atom is -0.329 e. The first-order valence-corrected chi connectivity index (χ1v) is 7.71. The normalized spacial score (nSPS) is 24.1. The van der Waals surface area contributed by atoms with Crippen LogP contribution in [0, 0.1) is 5.92 Å². The molecule has 2 aromatic carbocycles. The van der Waals surface area contributed by atoms with Crippen LogP contribution in [0.15, 0.2) is 42.5 Å². The van der Waals surface area contributed by atoms with E-state index in [9.17, 15) is 0 Å². The summed E-state index contributed by atoms with van der Waals surface area (Å²) in [4.78, 5) is 0. The number of hydrogen-bond donors (Lipinski definition) is 2. The lowest BCUT2D eigenvalue weighted by atomic mass is 10.0. The molecule has 0 spiro atoms. The van der Waals surface area contributed by atoms with Crippen LogP contribution in [-0.4, -0.2) is 12.6 Å². The summed E-state index contributed by atoms with van der Waals surface area (Å²) in [6.45, 7) is 3.00. The maximum absolute atomic E-state index is 6.00. The molecule has 1 saturated carbocycles. The Bertz CT molecular complexity index is 578. The van der Waals surface area contributed by atoms with Crippen molar-refractivity contribution in [2.75, 3.05) is 6.54 Å². The molecule has 0 amide bonds. The number of nitrogens with one attached hydrogen (secondary N) is 1. The van der Waals surface area contributed by atoms with Gasteiger partial charge in [-0.05, 0) is 47.6 Å². The molecule has 106 valence electrons. The van der Waals surface area contributed by atoms with Gasteiger partial charge in [-0.25, -0.2) is 0 Å². The fraction of sp³-hybridized carbons (Fsp3) is 0.444. The smallest absolute Gasteiger partial charge is 0.0446 e. The van der Waals surface area contributed by atoms with Crippen LogP contribution in [0.5, 0.6) is 0 Å². The molecule has 0 heterocycles. The topological polar surface area (TPSA) is 38.0 Å². The lowest BCUT2D eigenvalue weighted by molar-refractivity contribution is 0.434. The average molecular weight is 268 g/mol. The Morgan fingerprint density at radius 1 is 1.15 bits per heavy atom. The van der Waals surface area contributed by atoms with Crippen molar-refractivity contribution in [3.63, 3.8) is 0 Å². The summed E-state index contributed by atoms with van der Waals surface area (Å²) in [6.07, 6.45) is 3.90. The molecular formula is C18H24N2. The van der Waals surface area contributed by atoms with Crippen LogP contribution in [0.1, 0.15) is 37.8 Å². The van der Waals surface area contributed by atoms with E-state index in [1.165, 1.54) is 35.6 Å². The van der Waals surface area contributed by atoms with E-state index >= 15 is 0 Å². The number of benzene rings is 2. The molecule has 3 rings (SSSR count). The number of rotatable bonds is 4. The Morgan fingerprint density at radius 3 is 2.65 bits per heavy atom. The lowest BCUT2D eigenvalue weighted by Gasteiger charge is -2.22. The van der Waals surface area contributed by atoms with Gasteiger partial charge < -0.3 is 11.1 Å². The Labute approximate surface area is 121 Å². The first-order chi connectivity index (χ1) is 9.76. The lowest BCUT2D eigenvalue weighted by Crippen LogP contribution is -2.35. The third kappa shape index (κ3) is 2.87. The fourth-order valence-corrected chi connectivity index (χ4v) is 3.37. The van der Waals surface area contributed by atoms with Crippen LogP contribution >= 0.6 is 0 Å². The highest BCUT2D eigenvalue weighted by atomic mass is 15.0. The standard InChI is InChI=1S/C18H24N2/c1-13-6-9-17(10-13)20-18(12-19)16-8-7-14-4-2-3-5-15(14)11-16/h2-5,7-8,11,13,17-18,20H,6,9-10,12,19H2,1H3. The maximum Gasteiger partial charge on any atom is 0.0446 e. The zero-order chi connectivity index (χ0) is 13.9. The quantitative estimate of drug-likeness (QED) is 0.889. The molecule has 3 N–H and O–H groups in total. The molecule has 0 radical (unpaired) electrons. The predicted molar refractivity (Wildman–Crippen MR) is 85.7 cm³/mol. The Hall–Kier alpha value is -1.38. The van der Waals surface area contributed by atoms with Crippen LogP contribution in [0.2, 0.25) is 0 Å². The second kappa shape index (κ2) is 5.94. The summed E-state index contributed by atoms with van der Waals surface area (Å²) in [5.41, 5.74) is 7.31. The highest BCUT2D eigenvalue weighted by molar-refractivity contribution is 5.83. The maximum atomic E-state index is 6.00. The molecule has 0 aromatic heterocycles. The Morgan fingerprint density at radius 2 is 1.95 bits per heavy atom. The van der Waals surface area contributed by atoms with Gasteiger partial charge in [0.05, 0.1) is 0 Å². The van der Waals surface area contributed by atoms with Crippen molar-refractivity contribution in [3.8, 4) is 0 Å². The summed E-state index contributed by atoms with van der Waals surface area (Å²) in [6, 6.07) is 16.1. The van der Waals surface area contributed by atoms with E-state index in [1.54, 1.807) is 0 Å². The van der Waals surface area contributed by atoms with E-state index in [0.29, 0.717) is 12.6 Å². The zero-order valence-corrected chi connectivity index (χ0v) is 12.2. The summed E-state index contributed by atoms with van der Waals surface area (Å²) in [5.74, 6) is 0.850. The van der Waals surface area contributed by atoms with Crippen molar-refractivity contribution < 1.29 is 0 Å². The number of nitrogens with two attached hydrogens (primary N) is 1. The van der Waals surface area contributed by atoms with E-state index in [-0.39, 0.29) is 6.04 Å². The van der Waals surface area contributed by atoms with Crippen LogP contribution < -0.4 is 11.1 Å². The molecule has 2 nitrogen and oxygen atoms in total. The largest absolute Gasteiger partial charge is 0.329 e. The van der Waals surface area contributed by atoms with Crippen LogP contribution in [0.4, 0.5) is 0 Å². The van der Waals surface area contributed by atoms with Crippen molar-refractivity contribution in [2.45, 2.75) is 38.3 Å². The van der Waals surface area contributed by atoms with E-state index in [0.717, 1.165) is 5.92 Å². The van der Waals surface area contributed by atoms with Crippen molar-refractivity contribution >= 4 is 10.8 Å². The molecule has 3 atom stereocenters. The highest BCUT2D eigenvalue weighted by Crippen LogP contribution is 2.27.